The van der Waals surface area contributed by atoms with Gasteiger partial charge in [0.05, 0.1) is 11.8 Å². The van der Waals surface area contributed by atoms with Crippen molar-refractivity contribution in [1.82, 2.24) is 9.78 Å². The van der Waals surface area contributed by atoms with Crippen molar-refractivity contribution in [2.75, 3.05) is 13.2 Å². The molecule has 0 bridgehead atoms. The maximum atomic E-state index is 11.8. The average molecular weight is 236 g/mol. The van der Waals surface area contributed by atoms with Crippen molar-refractivity contribution in [3.63, 3.8) is 0 Å². The van der Waals surface area contributed by atoms with Crippen LogP contribution in [0.1, 0.15) is 37.0 Å². The van der Waals surface area contributed by atoms with Gasteiger partial charge < -0.3 is 4.74 Å². The molecule has 1 fully saturated rings. The second kappa shape index (κ2) is 5.45. The minimum Gasteiger partial charge on any atom is -0.381 e. The molecule has 1 saturated heterocycles. The van der Waals surface area contributed by atoms with Crippen LogP contribution in [0.25, 0.3) is 0 Å². The summed E-state index contributed by atoms with van der Waals surface area (Å²) in [7, 11) is 0. The first-order valence-corrected chi connectivity index (χ1v) is 6.31. The molecule has 17 heavy (non-hydrogen) atoms. The second-order valence-corrected chi connectivity index (χ2v) is 5.03. The van der Waals surface area contributed by atoms with E-state index in [0.29, 0.717) is 5.92 Å². The third kappa shape index (κ3) is 3.16. The smallest absolute Gasteiger partial charge is 0.168 e. The third-order valence-electron chi connectivity index (χ3n) is 3.23. The fraction of sp³-hybridized carbons (Fsp3) is 0.692. The lowest BCUT2D eigenvalue weighted by atomic mass is 10.0. The first kappa shape index (κ1) is 12.3. The van der Waals surface area contributed by atoms with Crippen LogP contribution < -0.4 is 0 Å². The van der Waals surface area contributed by atoms with Gasteiger partial charge in [-0.1, -0.05) is 13.8 Å². The minimum absolute atomic E-state index is 0.0377. The summed E-state index contributed by atoms with van der Waals surface area (Å²) in [6.45, 7) is 6.43. The number of Topliss-reactive ketones (excluding diaryl/α,β-unsaturated/α-hetero) is 1. The standard InChI is InChI=1S/C13H20N2O2/c1-10(2)13(16)12-7-14-15(9-12)8-11-3-5-17-6-4-11/h7,9-11H,3-6,8H2,1-2H3. The Hall–Kier alpha value is -1.16. The van der Waals surface area contributed by atoms with Crippen molar-refractivity contribution < 1.29 is 9.53 Å². The van der Waals surface area contributed by atoms with Gasteiger partial charge in [-0.25, -0.2) is 0 Å². The molecule has 0 atom stereocenters. The van der Waals surface area contributed by atoms with Crippen LogP contribution in [0.15, 0.2) is 12.4 Å². The number of carbonyl (C=O) groups excluding carboxylic acids is 1. The molecule has 1 aromatic heterocycles. The van der Waals surface area contributed by atoms with E-state index in [1.807, 2.05) is 24.7 Å². The predicted octanol–water partition coefficient (Wildman–Crippen LogP) is 2.15. The quantitative estimate of drug-likeness (QED) is 0.752. The van der Waals surface area contributed by atoms with E-state index in [0.717, 1.165) is 38.2 Å². The highest BCUT2D eigenvalue weighted by molar-refractivity contribution is 5.96. The summed E-state index contributed by atoms with van der Waals surface area (Å²) in [5, 5.41) is 4.27. The fourth-order valence-corrected chi connectivity index (χ4v) is 2.12. The molecule has 0 amide bonds. The number of rotatable bonds is 4. The monoisotopic (exact) mass is 236 g/mol. The first-order valence-electron chi connectivity index (χ1n) is 6.31. The molecular weight excluding hydrogens is 216 g/mol. The van der Waals surface area contributed by atoms with Crippen LogP contribution in [0.4, 0.5) is 0 Å². The van der Waals surface area contributed by atoms with E-state index in [2.05, 4.69) is 5.10 Å². The van der Waals surface area contributed by atoms with Gasteiger partial charge in [0.25, 0.3) is 0 Å². The molecule has 0 radical (unpaired) electrons. The average Bonchev–Trinajstić information content (AvgIpc) is 2.77. The summed E-state index contributed by atoms with van der Waals surface area (Å²) in [6.07, 6.45) is 5.74. The van der Waals surface area contributed by atoms with Crippen LogP contribution in [0, 0.1) is 11.8 Å². The predicted molar refractivity (Wildman–Crippen MR) is 64.9 cm³/mol. The van der Waals surface area contributed by atoms with Crippen molar-refractivity contribution in [2.45, 2.75) is 33.2 Å². The molecule has 94 valence electrons. The second-order valence-electron chi connectivity index (χ2n) is 5.03. The van der Waals surface area contributed by atoms with Crippen molar-refractivity contribution in [3.8, 4) is 0 Å². The number of ketones is 1. The Labute approximate surface area is 102 Å². The van der Waals surface area contributed by atoms with Crippen molar-refractivity contribution in [2.24, 2.45) is 11.8 Å². The lowest BCUT2D eigenvalue weighted by molar-refractivity contribution is 0.0601. The molecule has 0 aliphatic carbocycles. The SMILES string of the molecule is CC(C)C(=O)c1cnn(CC2CCOCC2)c1. The van der Waals surface area contributed by atoms with E-state index >= 15 is 0 Å². The van der Waals surface area contributed by atoms with Crippen molar-refractivity contribution in [3.05, 3.63) is 18.0 Å². The Balaban J connectivity index is 1.95. The van der Waals surface area contributed by atoms with E-state index in [1.54, 1.807) is 6.20 Å². The van der Waals surface area contributed by atoms with E-state index in [-0.39, 0.29) is 11.7 Å². The Morgan fingerprint density at radius 1 is 1.53 bits per heavy atom. The molecule has 0 spiro atoms. The summed E-state index contributed by atoms with van der Waals surface area (Å²) < 4.78 is 7.22. The van der Waals surface area contributed by atoms with E-state index in [9.17, 15) is 4.79 Å². The molecule has 4 nitrogen and oxygen atoms in total. The molecule has 0 unspecified atom stereocenters. The normalized spacial score (nSPS) is 17.6. The van der Waals surface area contributed by atoms with E-state index in [4.69, 9.17) is 4.74 Å². The fourth-order valence-electron chi connectivity index (χ4n) is 2.12. The van der Waals surface area contributed by atoms with E-state index in [1.165, 1.54) is 0 Å². The van der Waals surface area contributed by atoms with Gasteiger partial charge in [0.2, 0.25) is 0 Å². The number of aromatic nitrogens is 2. The largest absolute Gasteiger partial charge is 0.381 e. The number of nitrogens with zero attached hydrogens (tertiary/aromatic N) is 2. The number of hydrogen-bond donors (Lipinski definition) is 0. The summed E-state index contributed by atoms with van der Waals surface area (Å²) in [6, 6.07) is 0. The Bertz CT molecular complexity index is 379. The number of carbonyl (C=O) groups is 1. The van der Waals surface area contributed by atoms with Gasteiger partial charge in [-0.3, -0.25) is 9.48 Å². The number of ether oxygens (including phenoxy) is 1. The highest BCUT2D eigenvalue weighted by Gasteiger charge is 2.16. The Kier molecular flexibility index (Phi) is 3.94. The molecule has 2 heterocycles. The molecule has 0 aromatic carbocycles. The molecule has 0 N–H and O–H groups in total. The van der Waals surface area contributed by atoms with E-state index < -0.39 is 0 Å². The topological polar surface area (TPSA) is 44.1 Å². The zero-order chi connectivity index (χ0) is 12.3. The molecule has 1 aliphatic heterocycles. The zero-order valence-electron chi connectivity index (χ0n) is 10.6. The minimum atomic E-state index is 0.0377. The van der Waals surface area contributed by atoms with Gasteiger partial charge in [-0.2, -0.15) is 5.10 Å². The number of hydrogen-bond acceptors (Lipinski definition) is 3. The van der Waals surface area contributed by atoms with Crippen LogP contribution in [-0.4, -0.2) is 28.8 Å². The first-order chi connectivity index (χ1) is 8.16. The summed E-state index contributed by atoms with van der Waals surface area (Å²) in [4.78, 5) is 11.8. The molecule has 1 aromatic rings. The van der Waals surface area contributed by atoms with Gasteiger partial charge in [-0.15, -0.1) is 0 Å². The molecule has 2 rings (SSSR count). The summed E-state index contributed by atoms with van der Waals surface area (Å²) in [5.41, 5.74) is 0.729. The van der Waals surface area contributed by atoms with Gasteiger partial charge in [0.15, 0.2) is 5.78 Å². The van der Waals surface area contributed by atoms with Gasteiger partial charge >= 0.3 is 0 Å². The Morgan fingerprint density at radius 3 is 2.88 bits per heavy atom. The van der Waals surface area contributed by atoms with Crippen LogP contribution >= 0.6 is 0 Å². The molecule has 0 saturated carbocycles. The lowest BCUT2D eigenvalue weighted by Gasteiger charge is -2.21. The molecular formula is C13H20N2O2. The highest BCUT2D eigenvalue weighted by Crippen LogP contribution is 2.17. The Morgan fingerprint density at radius 2 is 2.24 bits per heavy atom. The zero-order valence-corrected chi connectivity index (χ0v) is 10.6. The summed E-state index contributed by atoms with van der Waals surface area (Å²) in [5.74, 6) is 0.838. The maximum absolute atomic E-state index is 11.8. The lowest BCUT2D eigenvalue weighted by Crippen LogP contribution is -2.20. The van der Waals surface area contributed by atoms with Gasteiger partial charge in [-0.05, 0) is 18.8 Å². The third-order valence-corrected chi connectivity index (χ3v) is 3.23. The summed E-state index contributed by atoms with van der Waals surface area (Å²) >= 11 is 0. The molecule has 1 aliphatic rings. The van der Waals surface area contributed by atoms with Crippen molar-refractivity contribution >= 4 is 5.78 Å². The van der Waals surface area contributed by atoms with Gasteiger partial charge in [0, 0.05) is 31.9 Å². The van der Waals surface area contributed by atoms with Crippen LogP contribution in [-0.2, 0) is 11.3 Å². The van der Waals surface area contributed by atoms with Crippen LogP contribution in [0.5, 0.6) is 0 Å². The maximum Gasteiger partial charge on any atom is 0.168 e. The van der Waals surface area contributed by atoms with Crippen LogP contribution in [0.3, 0.4) is 0 Å². The van der Waals surface area contributed by atoms with Crippen LogP contribution in [0.2, 0.25) is 0 Å². The molecule has 4 heteroatoms. The highest BCUT2D eigenvalue weighted by atomic mass is 16.5. The van der Waals surface area contributed by atoms with Crippen molar-refractivity contribution in [1.29, 1.82) is 0 Å². The van der Waals surface area contributed by atoms with Gasteiger partial charge in [0.1, 0.15) is 0 Å².